The van der Waals surface area contributed by atoms with Gasteiger partial charge in [0.2, 0.25) is 15.9 Å². The number of hydrogen-bond donors (Lipinski definition) is 2. The second-order valence-electron chi connectivity index (χ2n) is 4.74. The monoisotopic (exact) mass is 298 g/mol. The van der Waals surface area contributed by atoms with E-state index >= 15 is 0 Å². The summed E-state index contributed by atoms with van der Waals surface area (Å²) in [6.45, 7) is 0.618. The predicted molar refractivity (Wildman–Crippen MR) is 74.2 cm³/mol. The molecule has 1 fully saturated rings. The van der Waals surface area contributed by atoms with Crippen LogP contribution in [-0.4, -0.2) is 43.8 Å². The summed E-state index contributed by atoms with van der Waals surface area (Å²) in [5, 5.41) is 2.56. The molecule has 110 valence electrons. The van der Waals surface area contributed by atoms with Crippen LogP contribution < -0.4 is 11.1 Å². The molecular formula is C12H18N4O3S. The molecule has 8 heteroatoms. The summed E-state index contributed by atoms with van der Waals surface area (Å²) in [6.07, 6.45) is 2.61. The summed E-state index contributed by atoms with van der Waals surface area (Å²) in [5.41, 5.74) is 5.46. The summed E-state index contributed by atoms with van der Waals surface area (Å²) in [5.74, 6) is -0.156. The second kappa shape index (κ2) is 5.76. The van der Waals surface area contributed by atoms with Gasteiger partial charge in [-0.15, -0.1) is 0 Å². The SMILES string of the molecule is CNC(=O)C1CCCN(S(=O)(=O)c2ccc(N)nc2)C1. The standard InChI is InChI=1S/C12H18N4O3S/c1-14-12(17)9-3-2-6-16(8-9)20(18,19)10-4-5-11(13)15-7-10/h4-5,7,9H,2-3,6,8H2,1H3,(H2,13,15)(H,14,17). The van der Waals surface area contributed by atoms with Gasteiger partial charge in [0.05, 0.1) is 5.92 Å². The van der Waals surface area contributed by atoms with Crippen molar-refractivity contribution in [3.8, 4) is 0 Å². The molecule has 1 aromatic rings. The Morgan fingerprint density at radius 2 is 2.25 bits per heavy atom. The summed E-state index contributed by atoms with van der Waals surface area (Å²) < 4.78 is 26.3. The Morgan fingerprint density at radius 1 is 1.50 bits per heavy atom. The molecule has 7 nitrogen and oxygen atoms in total. The molecule has 3 N–H and O–H groups in total. The van der Waals surface area contributed by atoms with Crippen molar-refractivity contribution in [3.05, 3.63) is 18.3 Å². The van der Waals surface area contributed by atoms with Crippen molar-refractivity contribution in [2.24, 2.45) is 5.92 Å². The molecule has 0 spiro atoms. The first kappa shape index (κ1) is 14.7. The Bertz CT molecular complexity index is 585. The quantitative estimate of drug-likeness (QED) is 0.804. The number of aromatic nitrogens is 1. The summed E-state index contributed by atoms with van der Waals surface area (Å²) in [4.78, 5) is 15.6. The third-order valence-electron chi connectivity index (χ3n) is 3.40. The van der Waals surface area contributed by atoms with Crippen LogP contribution in [0.3, 0.4) is 0 Å². The molecule has 0 aliphatic carbocycles. The molecule has 20 heavy (non-hydrogen) atoms. The fourth-order valence-corrected chi connectivity index (χ4v) is 3.74. The molecule has 0 saturated carbocycles. The maximum atomic E-state index is 12.5. The highest BCUT2D eigenvalue weighted by Gasteiger charge is 2.33. The molecule has 2 heterocycles. The van der Waals surface area contributed by atoms with Gasteiger partial charge in [0.15, 0.2) is 0 Å². The number of pyridine rings is 1. The summed E-state index contributed by atoms with van der Waals surface area (Å²) in [6, 6.07) is 2.88. The van der Waals surface area contributed by atoms with Gasteiger partial charge in [-0.2, -0.15) is 4.31 Å². The van der Waals surface area contributed by atoms with Crippen molar-refractivity contribution >= 4 is 21.7 Å². The van der Waals surface area contributed by atoms with Gasteiger partial charge in [0.25, 0.3) is 0 Å². The topological polar surface area (TPSA) is 105 Å². The van der Waals surface area contributed by atoms with Crippen LogP contribution >= 0.6 is 0 Å². The van der Waals surface area contributed by atoms with E-state index < -0.39 is 10.0 Å². The third kappa shape index (κ3) is 2.91. The maximum absolute atomic E-state index is 12.5. The van der Waals surface area contributed by atoms with E-state index in [4.69, 9.17) is 5.73 Å². The van der Waals surface area contributed by atoms with E-state index in [9.17, 15) is 13.2 Å². The Hall–Kier alpha value is -1.67. The van der Waals surface area contributed by atoms with Crippen molar-refractivity contribution in [1.29, 1.82) is 0 Å². The molecule has 2 rings (SSSR count). The van der Waals surface area contributed by atoms with Crippen LogP contribution in [-0.2, 0) is 14.8 Å². The van der Waals surface area contributed by atoms with Crippen molar-refractivity contribution in [2.45, 2.75) is 17.7 Å². The van der Waals surface area contributed by atoms with Gasteiger partial charge in [0, 0.05) is 26.3 Å². The number of carbonyl (C=O) groups excluding carboxylic acids is 1. The molecule has 1 aromatic heterocycles. The van der Waals surface area contributed by atoms with Gasteiger partial charge in [-0.1, -0.05) is 0 Å². The number of rotatable bonds is 3. The van der Waals surface area contributed by atoms with Gasteiger partial charge in [-0.05, 0) is 25.0 Å². The fraction of sp³-hybridized carbons (Fsp3) is 0.500. The van der Waals surface area contributed by atoms with Crippen LogP contribution in [0, 0.1) is 5.92 Å². The van der Waals surface area contributed by atoms with E-state index in [-0.39, 0.29) is 29.1 Å². The first-order valence-corrected chi connectivity index (χ1v) is 7.82. The summed E-state index contributed by atoms with van der Waals surface area (Å²) in [7, 11) is -2.06. The van der Waals surface area contributed by atoms with E-state index in [2.05, 4.69) is 10.3 Å². The van der Waals surface area contributed by atoms with Crippen molar-refractivity contribution in [1.82, 2.24) is 14.6 Å². The Morgan fingerprint density at radius 3 is 2.85 bits per heavy atom. The lowest BCUT2D eigenvalue weighted by Crippen LogP contribution is -2.44. The smallest absolute Gasteiger partial charge is 0.244 e. The van der Waals surface area contributed by atoms with Crippen LogP contribution in [0.1, 0.15) is 12.8 Å². The lowest BCUT2D eigenvalue weighted by molar-refractivity contribution is -0.125. The Kier molecular flexibility index (Phi) is 4.24. The van der Waals surface area contributed by atoms with Gasteiger partial charge < -0.3 is 11.1 Å². The van der Waals surface area contributed by atoms with E-state index in [0.29, 0.717) is 19.4 Å². The third-order valence-corrected chi connectivity index (χ3v) is 5.25. The predicted octanol–water partition coefficient (Wildman–Crippen LogP) is -0.189. The minimum atomic E-state index is -3.62. The average Bonchev–Trinajstić information content (AvgIpc) is 2.47. The van der Waals surface area contributed by atoms with Crippen LogP contribution in [0.25, 0.3) is 0 Å². The molecule has 1 aliphatic rings. The lowest BCUT2D eigenvalue weighted by Gasteiger charge is -2.30. The van der Waals surface area contributed by atoms with E-state index in [1.54, 1.807) is 7.05 Å². The molecule has 1 aliphatic heterocycles. The average molecular weight is 298 g/mol. The minimum absolute atomic E-state index is 0.101. The van der Waals surface area contributed by atoms with Crippen LogP contribution in [0.15, 0.2) is 23.2 Å². The maximum Gasteiger partial charge on any atom is 0.244 e. The number of sulfonamides is 1. The lowest BCUT2D eigenvalue weighted by atomic mass is 9.99. The largest absolute Gasteiger partial charge is 0.384 e. The minimum Gasteiger partial charge on any atom is -0.384 e. The zero-order valence-electron chi connectivity index (χ0n) is 11.2. The molecule has 1 saturated heterocycles. The zero-order chi connectivity index (χ0) is 14.8. The van der Waals surface area contributed by atoms with E-state index in [1.807, 2.05) is 0 Å². The van der Waals surface area contributed by atoms with Gasteiger partial charge in [-0.25, -0.2) is 13.4 Å². The van der Waals surface area contributed by atoms with Gasteiger partial charge >= 0.3 is 0 Å². The van der Waals surface area contributed by atoms with E-state index in [1.165, 1.54) is 22.6 Å². The fourth-order valence-electron chi connectivity index (χ4n) is 2.27. The van der Waals surface area contributed by atoms with Crippen LogP contribution in [0.2, 0.25) is 0 Å². The number of amides is 1. The molecule has 1 atom stereocenters. The number of piperidine rings is 1. The first-order chi connectivity index (χ1) is 9.45. The van der Waals surface area contributed by atoms with E-state index in [0.717, 1.165) is 0 Å². The van der Waals surface area contributed by atoms with Gasteiger partial charge in [0.1, 0.15) is 10.7 Å². The Balaban J connectivity index is 2.21. The van der Waals surface area contributed by atoms with Crippen molar-refractivity contribution in [3.63, 3.8) is 0 Å². The molecule has 1 unspecified atom stereocenters. The number of carbonyl (C=O) groups is 1. The zero-order valence-corrected chi connectivity index (χ0v) is 12.1. The Labute approximate surface area is 118 Å². The highest BCUT2D eigenvalue weighted by molar-refractivity contribution is 7.89. The van der Waals surface area contributed by atoms with Crippen LogP contribution in [0.5, 0.6) is 0 Å². The number of nitrogens with two attached hydrogens (primary N) is 1. The normalized spacial score (nSPS) is 20.6. The molecule has 0 aromatic carbocycles. The number of nitrogen functional groups attached to an aromatic ring is 1. The number of hydrogen-bond acceptors (Lipinski definition) is 5. The number of anilines is 1. The molecule has 1 amide bonds. The highest BCUT2D eigenvalue weighted by Crippen LogP contribution is 2.23. The number of nitrogens with one attached hydrogen (secondary N) is 1. The highest BCUT2D eigenvalue weighted by atomic mass is 32.2. The molecular weight excluding hydrogens is 280 g/mol. The first-order valence-electron chi connectivity index (χ1n) is 6.38. The van der Waals surface area contributed by atoms with Crippen molar-refractivity contribution in [2.75, 3.05) is 25.9 Å². The molecule has 0 radical (unpaired) electrons. The molecule has 0 bridgehead atoms. The number of nitrogens with zero attached hydrogens (tertiary/aromatic N) is 2. The van der Waals surface area contributed by atoms with Gasteiger partial charge in [-0.3, -0.25) is 4.79 Å². The summed E-state index contributed by atoms with van der Waals surface area (Å²) >= 11 is 0. The second-order valence-corrected chi connectivity index (χ2v) is 6.67. The van der Waals surface area contributed by atoms with Crippen LogP contribution in [0.4, 0.5) is 5.82 Å². The van der Waals surface area contributed by atoms with Crippen molar-refractivity contribution < 1.29 is 13.2 Å².